The number of aromatic nitrogens is 4. The summed E-state index contributed by atoms with van der Waals surface area (Å²) in [4.78, 5) is 26.1. The fourth-order valence-electron chi connectivity index (χ4n) is 4.80. The molecule has 2 aliphatic rings. The fraction of sp³-hybridized carbons (Fsp3) is 0.333. The van der Waals surface area contributed by atoms with E-state index < -0.39 is 5.92 Å². The molecule has 1 aromatic carbocycles. The van der Waals surface area contributed by atoms with Crippen LogP contribution < -0.4 is 10.2 Å². The Morgan fingerprint density at radius 1 is 1.03 bits per heavy atom. The molecule has 0 unspecified atom stereocenters. The molecule has 2 aliphatic heterocycles. The highest BCUT2D eigenvalue weighted by atomic mass is 19.3. The minimum absolute atomic E-state index is 0.110. The van der Waals surface area contributed by atoms with Crippen LogP contribution in [0, 0.1) is 0 Å². The number of rotatable bonds is 6. The van der Waals surface area contributed by atoms with Crippen LogP contribution in [-0.2, 0) is 6.54 Å². The van der Waals surface area contributed by atoms with Crippen LogP contribution in [0.2, 0.25) is 0 Å². The Bertz CT molecular complexity index is 1440. The number of hydrogen-bond donors (Lipinski definition) is 2. The highest BCUT2D eigenvalue weighted by Gasteiger charge is 2.33. The molecular weight excluding hydrogens is 476 g/mol. The lowest BCUT2D eigenvalue weighted by Gasteiger charge is -2.32. The zero-order valence-electron chi connectivity index (χ0n) is 20.3. The van der Waals surface area contributed by atoms with Gasteiger partial charge < -0.3 is 10.2 Å². The van der Waals surface area contributed by atoms with Crippen molar-refractivity contribution in [1.29, 1.82) is 0 Å². The Balaban J connectivity index is 1.21. The number of likely N-dealkylation sites (tertiary alicyclic amines) is 1. The third-order valence-corrected chi connectivity index (χ3v) is 7.08. The van der Waals surface area contributed by atoms with E-state index in [0.717, 1.165) is 47.5 Å². The number of anilines is 2. The maximum absolute atomic E-state index is 13.5. The van der Waals surface area contributed by atoms with Crippen LogP contribution >= 0.6 is 0 Å². The van der Waals surface area contributed by atoms with Crippen molar-refractivity contribution < 1.29 is 13.6 Å². The number of piperidine rings is 1. The van der Waals surface area contributed by atoms with Crippen LogP contribution in [0.5, 0.6) is 0 Å². The summed E-state index contributed by atoms with van der Waals surface area (Å²) in [5.74, 6) is -2.02. The monoisotopic (exact) mass is 503 g/mol. The van der Waals surface area contributed by atoms with Gasteiger partial charge in [-0.25, -0.2) is 13.8 Å². The zero-order chi connectivity index (χ0) is 25.4. The number of fused-ring (bicyclic) bond motifs is 1. The molecule has 37 heavy (non-hydrogen) atoms. The third kappa shape index (κ3) is 5.01. The van der Waals surface area contributed by atoms with E-state index in [1.165, 1.54) is 0 Å². The van der Waals surface area contributed by atoms with E-state index in [1.807, 2.05) is 35.2 Å². The number of halogens is 2. The highest BCUT2D eigenvalue weighted by Crippen LogP contribution is 2.30. The number of H-pyrrole nitrogens is 1. The van der Waals surface area contributed by atoms with Crippen molar-refractivity contribution in [3.05, 3.63) is 66.2 Å². The van der Waals surface area contributed by atoms with Gasteiger partial charge in [-0.3, -0.25) is 19.8 Å². The molecule has 2 N–H and O–H groups in total. The van der Waals surface area contributed by atoms with Gasteiger partial charge in [0.05, 0.1) is 5.52 Å². The fourth-order valence-corrected chi connectivity index (χ4v) is 4.80. The van der Waals surface area contributed by atoms with Crippen LogP contribution in [-0.4, -0.2) is 63.1 Å². The number of hydrogen-bond acceptors (Lipinski definition) is 6. The molecule has 2 saturated heterocycles. The van der Waals surface area contributed by atoms with Crippen molar-refractivity contribution in [2.24, 2.45) is 0 Å². The second-order valence-electron chi connectivity index (χ2n) is 9.74. The molecule has 2 fully saturated rings. The van der Waals surface area contributed by atoms with Crippen molar-refractivity contribution in [3.8, 4) is 11.1 Å². The van der Waals surface area contributed by atoms with Gasteiger partial charge >= 0.3 is 0 Å². The number of benzene rings is 1. The van der Waals surface area contributed by atoms with Gasteiger partial charge in [0, 0.05) is 86.9 Å². The first-order valence-corrected chi connectivity index (χ1v) is 12.5. The van der Waals surface area contributed by atoms with Crippen molar-refractivity contribution in [2.45, 2.75) is 31.7 Å². The molecule has 0 radical (unpaired) electrons. The molecule has 0 aliphatic carbocycles. The second-order valence-corrected chi connectivity index (χ2v) is 9.74. The van der Waals surface area contributed by atoms with Gasteiger partial charge in [-0.05, 0) is 41.8 Å². The summed E-state index contributed by atoms with van der Waals surface area (Å²) in [6.45, 7) is 3.26. The number of carbonyl (C=O) groups is 1. The Hall–Kier alpha value is -3.92. The normalized spacial score (nSPS) is 17.5. The van der Waals surface area contributed by atoms with Crippen LogP contribution in [0.25, 0.3) is 22.0 Å². The van der Waals surface area contributed by atoms with E-state index >= 15 is 0 Å². The minimum atomic E-state index is -2.56. The number of aromatic amines is 1. The van der Waals surface area contributed by atoms with Gasteiger partial charge in [0.25, 0.3) is 11.8 Å². The van der Waals surface area contributed by atoms with Crippen molar-refractivity contribution in [1.82, 2.24) is 25.1 Å². The van der Waals surface area contributed by atoms with E-state index in [9.17, 15) is 13.6 Å². The molecule has 0 spiro atoms. The van der Waals surface area contributed by atoms with Crippen LogP contribution in [0.3, 0.4) is 0 Å². The summed E-state index contributed by atoms with van der Waals surface area (Å²) in [7, 11) is 0. The van der Waals surface area contributed by atoms with Gasteiger partial charge in [-0.1, -0.05) is 6.07 Å². The minimum Gasteiger partial charge on any atom is -0.356 e. The first-order valence-electron chi connectivity index (χ1n) is 12.5. The first-order chi connectivity index (χ1) is 17.9. The number of alkyl halides is 2. The summed E-state index contributed by atoms with van der Waals surface area (Å²) < 4.78 is 27.0. The third-order valence-electron chi connectivity index (χ3n) is 7.08. The topological polar surface area (TPSA) is 90.0 Å². The molecule has 0 saturated carbocycles. The predicted molar refractivity (Wildman–Crippen MR) is 138 cm³/mol. The Kier molecular flexibility index (Phi) is 6.03. The van der Waals surface area contributed by atoms with Crippen molar-refractivity contribution in [2.75, 3.05) is 36.4 Å². The molecule has 190 valence electrons. The average Bonchev–Trinajstić information content (AvgIpc) is 3.28. The quantitative estimate of drug-likeness (QED) is 0.396. The molecule has 4 aromatic rings. The summed E-state index contributed by atoms with van der Waals surface area (Å²) >= 11 is 0. The number of nitrogens with one attached hydrogen (secondary N) is 2. The largest absolute Gasteiger partial charge is 0.356 e. The van der Waals surface area contributed by atoms with Crippen LogP contribution in [0.1, 0.15) is 35.3 Å². The van der Waals surface area contributed by atoms with Gasteiger partial charge in [0.1, 0.15) is 5.82 Å². The number of carbonyl (C=O) groups excluding carboxylic acids is 1. The molecule has 10 heteroatoms. The van der Waals surface area contributed by atoms with E-state index in [1.54, 1.807) is 24.7 Å². The SMILES string of the molecule is O=C(Nc1ccnc(N2CCC2)c1)c1n[nH]c2ccc(-c3cncc(CN4CCC(F)(F)CC4)c3)cc12. The van der Waals surface area contributed by atoms with Crippen LogP contribution in [0.15, 0.2) is 55.0 Å². The Morgan fingerprint density at radius 3 is 2.65 bits per heavy atom. The van der Waals surface area contributed by atoms with Crippen molar-refractivity contribution >= 4 is 28.3 Å². The summed E-state index contributed by atoms with van der Waals surface area (Å²) in [6.07, 6.45) is 6.16. The molecule has 5 heterocycles. The lowest BCUT2D eigenvalue weighted by molar-refractivity contribution is -0.0566. The van der Waals surface area contributed by atoms with Gasteiger partial charge in [0.15, 0.2) is 5.69 Å². The average molecular weight is 504 g/mol. The zero-order valence-corrected chi connectivity index (χ0v) is 20.3. The maximum Gasteiger partial charge on any atom is 0.276 e. The Labute approximate surface area is 212 Å². The van der Waals surface area contributed by atoms with Crippen LogP contribution in [0.4, 0.5) is 20.3 Å². The second kappa shape index (κ2) is 9.51. The molecular formula is C27H27F2N7O. The van der Waals surface area contributed by atoms with Crippen molar-refractivity contribution in [3.63, 3.8) is 0 Å². The van der Waals surface area contributed by atoms with Gasteiger partial charge in [0.2, 0.25) is 0 Å². The van der Waals surface area contributed by atoms with Gasteiger partial charge in [-0.2, -0.15) is 5.10 Å². The predicted octanol–water partition coefficient (Wildman–Crippen LogP) is 4.71. The molecule has 3 aromatic heterocycles. The lowest BCUT2D eigenvalue weighted by atomic mass is 10.0. The standard InChI is InChI=1S/C27H27F2N7O/c28-27(29)5-10-35(11-6-27)17-18-12-20(16-30-15-18)19-2-3-23-22(13-19)25(34-33-23)26(37)32-21-4-7-31-24(14-21)36-8-1-9-36/h2-4,7,12-16H,1,5-6,8-11,17H2,(H,33,34)(H,31,32,37). The molecule has 1 amide bonds. The smallest absolute Gasteiger partial charge is 0.276 e. The maximum atomic E-state index is 13.5. The first kappa shape index (κ1) is 23.5. The van der Waals surface area contributed by atoms with E-state index in [2.05, 4.69) is 30.4 Å². The summed E-state index contributed by atoms with van der Waals surface area (Å²) in [6, 6.07) is 11.4. The van der Waals surface area contributed by atoms with E-state index in [0.29, 0.717) is 36.4 Å². The lowest BCUT2D eigenvalue weighted by Crippen LogP contribution is -2.38. The molecule has 8 nitrogen and oxygen atoms in total. The highest BCUT2D eigenvalue weighted by molar-refractivity contribution is 6.11. The van der Waals surface area contributed by atoms with Gasteiger partial charge in [-0.15, -0.1) is 0 Å². The number of pyridine rings is 2. The molecule has 0 bridgehead atoms. The molecule has 0 atom stereocenters. The Morgan fingerprint density at radius 2 is 1.86 bits per heavy atom. The molecule has 6 rings (SSSR count). The summed E-state index contributed by atoms with van der Waals surface area (Å²) in [5.41, 5.74) is 4.47. The summed E-state index contributed by atoms with van der Waals surface area (Å²) in [5, 5.41) is 10.9. The van der Waals surface area contributed by atoms with E-state index in [4.69, 9.17) is 0 Å². The number of amides is 1. The number of nitrogens with zero attached hydrogens (tertiary/aromatic N) is 5. The van der Waals surface area contributed by atoms with E-state index in [-0.39, 0.29) is 18.7 Å².